The highest BCUT2D eigenvalue weighted by Crippen LogP contribution is 2.32. The van der Waals surface area contributed by atoms with E-state index in [1.165, 1.54) is 0 Å². The quantitative estimate of drug-likeness (QED) is 0.352. The molecule has 8 nitrogen and oxygen atoms in total. The second-order valence-electron chi connectivity index (χ2n) is 10.2. The summed E-state index contributed by atoms with van der Waals surface area (Å²) in [5.41, 5.74) is 6.13. The molecular formula is C29H32N6O2. The molecule has 0 atom stereocenters. The van der Waals surface area contributed by atoms with E-state index < -0.39 is 5.60 Å². The number of benzene rings is 1. The van der Waals surface area contributed by atoms with Crippen LogP contribution in [-0.2, 0) is 24.1 Å². The zero-order chi connectivity index (χ0) is 26.0. The first-order valence-electron chi connectivity index (χ1n) is 12.7. The first kappa shape index (κ1) is 24.6. The zero-order valence-corrected chi connectivity index (χ0v) is 21.8. The van der Waals surface area contributed by atoms with Crippen molar-refractivity contribution in [1.29, 1.82) is 0 Å². The van der Waals surface area contributed by atoms with Crippen LogP contribution in [0.3, 0.4) is 0 Å². The summed E-state index contributed by atoms with van der Waals surface area (Å²) in [5, 5.41) is 4.75. The predicted molar refractivity (Wildman–Crippen MR) is 143 cm³/mol. The van der Waals surface area contributed by atoms with E-state index >= 15 is 0 Å². The maximum Gasteiger partial charge on any atom is 0.414 e. The third-order valence-corrected chi connectivity index (χ3v) is 6.25. The summed E-state index contributed by atoms with van der Waals surface area (Å²) in [6, 6.07) is 12.1. The molecule has 0 N–H and O–H groups in total. The molecule has 190 valence electrons. The van der Waals surface area contributed by atoms with E-state index in [-0.39, 0.29) is 6.09 Å². The van der Waals surface area contributed by atoms with Gasteiger partial charge in [0, 0.05) is 55.4 Å². The normalized spacial score (nSPS) is 13.4. The van der Waals surface area contributed by atoms with Crippen LogP contribution in [0.2, 0.25) is 0 Å². The number of nitrogens with zero attached hydrogens (tertiary/aromatic N) is 6. The number of pyridine rings is 1. The Morgan fingerprint density at radius 3 is 2.76 bits per heavy atom. The van der Waals surface area contributed by atoms with Crippen molar-refractivity contribution in [2.24, 2.45) is 0 Å². The Balaban J connectivity index is 1.44. The summed E-state index contributed by atoms with van der Waals surface area (Å²) < 4.78 is 7.58. The molecule has 37 heavy (non-hydrogen) atoms. The van der Waals surface area contributed by atoms with Crippen LogP contribution in [0.4, 0.5) is 10.5 Å². The number of hydrogen-bond donors (Lipinski definition) is 0. The van der Waals surface area contributed by atoms with Gasteiger partial charge < -0.3 is 4.74 Å². The smallest absolute Gasteiger partial charge is 0.414 e. The van der Waals surface area contributed by atoms with Crippen molar-refractivity contribution in [3.05, 3.63) is 78.1 Å². The minimum absolute atomic E-state index is 0.306. The summed E-state index contributed by atoms with van der Waals surface area (Å²) in [6.45, 7) is 9.14. The second kappa shape index (κ2) is 10.1. The fourth-order valence-corrected chi connectivity index (χ4v) is 4.54. The number of hydrogen-bond acceptors (Lipinski definition) is 6. The van der Waals surface area contributed by atoms with Gasteiger partial charge in [-0.05, 0) is 75.9 Å². The summed E-state index contributed by atoms with van der Waals surface area (Å²) in [5.74, 6) is 0.707. The van der Waals surface area contributed by atoms with Gasteiger partial charge in [-0.3, -0.25) is 14.6 Å². The maximum absolute atomic E-state index is 12.9. The maximum atomic E-state index is 12.9. The average Bonchev–Trinajstić information content (AvgIpc) is 3.33. The molecule has 0 aliphatic carbocycles. The van der Waals surface area contributed by atoms with Crippen molar-refractivity contribution < 1.29 is 9.53 Å². The molecule has 1 amide bonds. The molecule has 0 spiro atoms. The van der Waals surface area contributed by atoms with E-state index in [4.69, 9.17) is 14.8 Å². The number of ether oxygens (including phenoxy) is 1. The van der Waals surface area contributed by atoms with Crippen LogP contribution >= 0.6 is 0 Å². The van der Waals surface area contributed by atoms with Gasteiger partial charge in [-0.25, -0.2) is 14.8 Å². The van der Waals surface area contributed by atoms with Gasteiger partial charge in [-0.1, -0.05) is 12.1 Å². The van der Waals surface area contributed by atoms with Gasteiger partial charge >= 0.3 is 6.09 Å². The highest BCUT2D eigenvalue weighted by molar-refractivity contribution is 5.89. The van der Waals surface area contributed by atoms with Gasteiger partial charge in [0.25, 0.3) is 0 Å². The molecular weight excluding hydrogens is 464 g/mol. The highest BCUT2D eigenvalue weighted by atomic mass is 16.6. The average molecular weight is 497 g/mol. The number of fused-ring (bicyclic) bond motifs is 1. The van der Waals surface area contributed by atoms with Gasteiger partial charge in [0.15, 0.2) is 0 Å². The van der Waals surface area contributed by atoms with Gasteiger partial charge in [0.2, 0.25) is 0 Å². The lowest BCUT2D eigenvalue weighted by molar-refractivity contribution is 0.0578. The number of aryl methyl sites for hydroxylation is 2. The van der Waals surface area contributed by atoms with Crippen LogP contribution in [0.15, 0.2) is 61.2 Å². The van der Waals surface area contributed by atoms with Crippen LogP contribution in [-0.4, -0.2) is 43.0 Å². The molecule has 0 fully saturated rings. The number of amides is 1. The number of carbonyl (C=O) groups excluding carboxylic acids is 1. The first-order valence-corrected chi connectivity index (χ1v) is 12.7. The molecule has 0 radical (unpaired) electrons. The molecule has 5 rings (SSSR count). The SMILES string of the molecule is CCn1cc(-c2ccnc(Cc3ccc4c(c3)N(C(=O)OC(C)(C)C)CCC4)n2)c(-c2cccnc2)n1. The molecule has 1 aliphatic rings. The summed E-state index contributed by atoms with van der Waals surface area (Å²) in [6.07, 6.45) is 9.49. The zero-order valence-electron chi connectivity index (χ0n) is 21.8. The second-order valence-corrected chi connectivity index (χ2v) is 10.2. The summed E-state index contributed by atoms with van der Waals surface area (Å²) in [7, 11) is 0. The first-order chi connectivity index (χ1) is 17.8. The molecule has 0 unspecified atom stereocenters. The van der Waals surface area contributed by atoms with Crippen molar-refractivity contribution in [2.45, 2.75) is 59.1 Å². The lowest BCUT2D eigenvalue weighted by Crippen LogP contribution is -2.39. The third-order valence-electron chi connectivity index (χ3n) is 6.25. The lowest BCUT2D eigenvalue weighted by atomic mass is 9.98. The molecule has 1 aromatic carbocycles. The Hall–Kier alpha value is -4.07. The van der Waals surface area contributed by atoms with Crippen molar-refractivity contribution in [2.75, 3.05) is 11.4 Å². The minimum Gasteiger partial charge on any atom is -0.443 e. The van der Waals surface area contributed by atoms with Crippen LogP contribution in [0.25, 0.3) is 22.5 Å². The number of carbonyl (C=O) groups is 1. The Morgan fingerprint density at radius 1 is 1.14 bits per heavy atom. The van der Waals surface area contributed by atoms with Crippen molar-refractivity contribution in [1.82, 2.24) is 24.7 Å². The van der Waals surface area contributed by atoms with Crippen LogP contribution in [0.1, 0.15) is 51.1 Å². The Morgan fingerprint density at radius 2 is 2.00 bits per heavy atom. The fraction of sp³-hybridized carbons (Fsp3) is 0.345. The topological polar surface area (TPSA) is 86.0 Å². The van der Waals surface area contributed by atoms with Crippen LogP contribution in [0, 0.1) is 0 Å². The molecule has 1 aliphatic heterocycles. The van der Waals surface area contributed by atoms with Gasteiger partial charge in [0.05, 0.1) is 11.4 Å². The van der Waals surface area contributed by atoms with E-state index in [0.717, 1.165) is 58.7 Å². The number of aromatic nitrogens is 5. The molecule has 3 aromatic heterocycles. The number of anilines is 1. The highest BCUT2D eigenvalue weighted by Gasteiger charge is 2.27. The lowest BCUT2D eigenvalue weighted by Gasteiger charge is -2.32. The molecule has 0 saturated heterocycles. The van der Waals surface area contributed by atoms with E-state index in [0.29, 0.717) is 18.8 Å². The van der Waals surface area contributed by atoms with E-state index in [2.05, 4.69) is 35.1 Å². The van der Waals surface area contributed by atoms with Crippen molar-refractivity contribution in [3.63, 3.8) is 0 Å². The molecule has 4 aromatic rings. The third kappa shape index (κ3) is 5.53. The van der Waals surface area contributed by atoms with Gasteiger partial charge in [-0.2, -0.15) is 5.10 Å². The van der Waals surface area contributed by atoms with Crippen LogP contribution in [0.5, 0.6) is 0 Å². The fourth-order valence-electron chi connectivity index (χ4n) is 4.54. The molecule has 0 bridgehead atoms. The Kier molecular flexibility index (Phi) is 6.74. The van der Waals surface area contributed by atoms with E-state index in [1.807, 2.05) is 56.0 Å². The monoisotopic (exact) mass is 496 g/mol. The Labute approximate surface area is 217 Å². The van der Waals surface area contributed by atoms with Crippen molar-refractivity contribution in [3.8, 4) is 22.5 Å². The summed E-state index contributed by atoms with van der Waals surface area (Å²) >= 11 is 0. The molecule has 0 saturated carbocycles. The standard InChI is InChI=1S/C29H32N6O2/c1-5-34-19-23(27(33-34)22-8-6-13-30-18-22)24-12-14-31-26(32-24)17-20-10-11-21-9-7-15-35(25(21)16-20)28(36)37-29(2,3)4/h6,8,10-14,16,18-19H,5,7,9,15,17H2,1-4H3. The number of rotatable bonds is 5. The molecule has 4 heterocycles. The predicted octanol–water partition coefficient (Wildman–Crippen LogP) is 5.70. The van der Waals surface area contributed by atoms with Crippen molar-refractivity contribution >= 4 is 11.8 Å². The largest absolute Gasteiger partial charge is 0.443 e. The van der Waals surface area contributed by atoms with Crippen LogP contribution < -0.4 is 4.90 Å². The van der Waals surface area contributed by atoms with E-state index in [9.17, 15) is 4.79 Å². The van der Waals surface area contributed by atoms with Gasteiger partial charge in [-0.15, -0.1) is 0 Å². The molecule has 8 heteroatoms. The van der Waals surface area contributed by atoms with Gasteiger partial charge in [0.1, 0.15) is 17.1 Å². The minimum atomic E-state index is -0.541. The van der Waals surface area contributed by atoms with E-state index in [1.54, 1.807) is 17.3 Å². The summed E-state index contributed by atoms with van der Waals surface area (Å²) in [4.78, 5) is 28.3. The Bertz CT molecular complexity index is 1410.